The Morgan fingerprint density at radius 3 is 2.31 bits per heavy atom. The van der Waals surface area contributed by atoms with Crippen LogP contribution < -0.4 is 5.73 Å². The van der Waals surface area contributed by atoms with Crippen molar-refractivity contribution in [3.63, 3.8) is 0 Å². The van der Waals surface area contributed by atoms with Gasteiger partial charge in [0.25, 0.3) is 0 Å². The van der Waals surface area contributed by atoms with Crippen LogP contribution in [-0.2, 0) is 15.4 Å². The van der Waals surface area contributed by atoms with Crippen molar-refractivity contribution >= 4 is 9.84 Å². The summed E-state index contributed by atoms with van der Waals surface area (Å²) in [5.74, 6) is -0.278. The number of nitrogens with two attached hydrogens (primary N) is 1. The molecule has 0 saturated carbocycles. The molecule has 0 radical (unpaired) electrons. The molecule has 0 atom stereocenters. The van der Waals surface area contributed by atoms with Gasteiger partial charge in [-0.15, -0.1) is 0 Å². The Morgan fingerprint density at radius 1 is 1.19 bits per heavy atom. The molecule has 3 nitrogen and oxygen atoms in total. The molecule has 5 heteroatoms. The normalized spacial score (nSPS) is 22.9. The van der Waals surface area contributed by atoms with Crippen LogP contribution in [0.1, 0.15) is 18.4 Å². The Balaban J connectivity index is 2.32. The van der Waals surface area contributed by atoms with E-state index >= 15 is 0 Å². The zero-order chi connectivity index (χ0) is 11.8. The third-order valence-electron chi connectivity index (χ3n) is 3.13. The van der Waals surface area contributed by atoms with Crippen molar-refractivity contribution in [3.05, 3.63) is 35.6 Å². The lowest BCUT2D eigenvalue weighted by Gasteiger charge is -2.33. The number of hydrogen-bond donors (Lipinski definition) is 1. The fourth-order valence-electron chi connectivity index (χ4n) is 2.04. The van der Waals surface area contributed by atoms with E-state index in [0.29, 0.717) is 5.56 Å². The molecule has 1 aliphatic heterocycles. The van der Waals surface area contributed by atoms with Gasteiger partial charge in [0.2, 0.25) is 0 Å². The van der Waals surface area contributed by atoms with E-state index in [1.807, 2.05) is 0 Å². The SMILES string of the molecule is NC1(c2ccccc2F)CCS(=O)(=O)CC1. The van der Waals surface area contributed by atoms with Gasteiger partial charge in [-0.3, -0.25) is 0 Å². The van der Waals surface area contributed by atoms with Crippen LogP contribution in [0, 0.1) is 5.82 Å². The van der Waals surface area contributed by atoms with Gasteiger partial charge in [-0.25, -0.2) is 12.8 Å². The number of halogens is 1. The summed E-state index contributed by atoms with van der Waals surface area (Å²) < 4.78 is 36.2. The van der Waals surface area contributed by atoms with Crippen LogP contribution in [0.3, 0.4) is 0 Å². The number of rotatable bonds is 1. The molecule has 1 aromatic rings. The van der Waals surface area contributed by atoms with Gasteiger partial charge in [-0.1, -0.05) is 18.2 Å². The summed E-state index contributed by atoms with van der Waals surface area (Å²) in [6.07, 6.45) is 0.576. The monoisotopic (exact) mass is 243 g/mol. The van der Waals surface area contributed by atoms with Gasteiger partial charge < -0.3 is 5.73 Å². The Labute approximate surface area is 94.4 Å². The first-order chi connectivity index (χ1) is 7.43. The third kappa shape index (κ3) is 2.10. The van der Waals surface area contributed by atoms with Gasteiger partial charge in [0.1, 0.15) is 15.7 Å². The van der Waals surface area contributed by atoms with E-state index in [-0.39, 0.29) is 30.2 Å². The average molecular weight is 243 g/mol. The number of sulfone groups is 1. The van der Waals surface area contributed by atoms with Gasteiger partial charge in [0, 0.05) is 11.1 Å². The molecule has 1 aromatic carbocycles. The highest BCUT2D eigenvalue weighted by atomic mass is 32.2. The second-order valence-electron chi connectivity index (χ2n) is 4.29. The highest BCUT2D eigenvalue weighted by Crippen LogP contribution is 2.32. The van der Waals surface area contributed by atoms with Gasteiger partial charge in [0.05, 0.1) is 11.5 Å². The molecule has 16 heavy (non-hydrogen) atoms. The molecule has 0 unspecified atom stereocenters. The molecular formula is C11H14FNO2S. The standard InChI is InChI=1S/C11H14FNO2S/c12-10-4-2-1-3-9(10)11(13)5-7-16(14,15)8-6-11/h1-4H,5-8,13H2. The van der Waals surface area contributed by atoms with Crippen LogP contribution in [0.2, 0.25) is 0 Å². The van der Waals surface area contributed by atoms with E-state index in [1.54, 1.807) is 18.2 Å². The lowest BCUT2D eigenvalue weighted by molar-refractivity contribution is 0.378. The van der Waals surface area contributed by atoms with Gasteiger partial charge in [-0.2, -0.15) is 0 Å². The molecular weight excluding hydrogens is 229 g/mol. The fourth-order valence-corrected chi connectivity index (χ4v) is 3.59. The maximum atomic E-state index is 13.6. The average Bonchev–Trinajstić information content (AvgIpc) is 2.24. The molecule has 1 saturated heterocycles. The van der Waals surface area contributed by atoms with Crippen molar-refractivity contribution in [2.75, 3.05) is 11.5 Å². The number of benzene rings is 1. The minimum atomic E-state index is -2.98. The zero-order valence-electron chi connectivity index (χ0n) is 8.82. The summed E-state index contributed by atoms with van der Waals surface area (Å²) >= 11 is 0. The maximum Gasteiger partial charge on any atom is 0.150 e. The van der Waals surface area contributed by atoms with Crippen molar-refractivity contribution in [3.8, 4) is 0 Å². The highest BCUT2D eigenvalue weighted by molar-refractivity contribution is 7.91. The van der Waals surface area contributed by atoms with E-state index in [9.17, 15) is 12.8 Å². The summed E-state index contributed by atoms with van der Waals surface area (Å²) in [6, 6.07) is 6.30. The molecule has 0 amide bonds. The van der Waals surface area contributed by atoms with E-state index in [4.69, 9.17) is 5.73 Å². The summed E-state index contributed by atoms with van der Waals surface area (Å²) in [5.41, 5.74) is 5.68. The first kappa shape index (κ1) is 11.5. The van der Waals surface area contributed by atoms with Crippen molar-refractivity contribution < 1.29 is 12.8 Å². The van der Waals surface area contributed by atoms with Crippen molar-refractivity contribution in [2.24, 2.45) is 5.73 Å². The van der Waals surface area contributed by atoms with Crippen LogP contribution in [0.25, 0.3) is 0 Å². The second kappa shape index (κ2) is 3.82. The minimum absolute atomic E-state index is 0.0395. The zero-order valence-corrected chi connectivity index (χ0v) is 9.63. The topological polar surface area (TPSA) is 60.2 Å². The third-order valence-corrected chi connectivity index (χ3v) is 4.78. The predicted octanol–water partition coefficient (Wildman–Crippen LogP) is 1.19. The van der Waals surface area contributed by atoms with Gasteiger partial charge in [0.15, 0.2) is 0 Å². The van der Waals surface area contributed by atoms with Crippen molar-refractivity contribution in [1.82, 2.24) is 0 Å². The smallest absolute Gasteiger partial charge is 0.150 e. The van der Waals surface area contributed by atoms with E-state index < -0.39 is 15.4 Å². The first-order valence-electron chi connectivity index (χ1n) is 5.17. The molecule has 2 rings (SSSR count). The quantitative estimate of drug-likeness (QED) is 0.806. The van der Waals surface area contributed by atoms with Crippen LogP contribution in [0.15, 0.2) is 24.3 Å². The van der Waals surface area contributed by atoms with Crippen LogP contribution in [0.5, 0.6) is 0 Å². The lowest BCUT2D eigenvalue weighted by Crippen LogP contribution is -2.44. The first-order valence-corrected chi connectivity index (χ1v) is 6.99. The molecule has 1 heterocycles. The van der Waals surface area contributed by atoms with E-state index in [0.717, 1.165) is 0 Å². The molecule has 1 aliphatic rings. The maximum absolute atomic E-state index is 13.6. The van der Waals surface area contributed by atoms with Crippen molar-refractivity contribution in [2.45, 2.75) is 18.4 Å². The highest BCUT2D eigenvalue weighted by Gasteiger charge is 2.36. The molecule has 2 N–H and O–H groups in total. The van der Waals surface area contributed by atoms with E-state index in [2.05, 4.69) is 0 Å². The molecule has 0 bridgehead atoms. The van der Waals surface area contributed by atoms with Crippen LogP contribution in [0.4, 0.5) is 4.39 Å². The lowest BCUT2D eigenvalue weighted by atomic mass is 9.85. The minimum Gasteiger partial charge on any atom is -0.321 e. The Kier molecular flexibility index (Phi) is 2.75. The Hall–Kier alpha value is -0.940. The predicted molar refractivity (Wildman–Crippen MR) is 60.2 cm³/mol. The fraction of sp³-hybridized carbons (Fsp3) is 0.455. The molecule has 1 fully saturated rings. The molecule has 88 valence electrons. The summed E-state index contributed by atoms with van der Waals surface area (Å²) in [7, 11) is -2.98. The summed E-state index contributed by atoms with van der Waals surface area (Å²) in [5, 5.41) is 0. The second-order valence-corrected chi connectivity index (χ2v) is 6.59. The van der Waals surface area contributed by atoms with Crippen LogP contribution >= 0.6 is 0 Å². The van der Waals surface area contributed by atoms with Gasteiger partial charge >= 0.3 is 0 Å². The molecule has 0 aromatic heterocycles. The summed E-state index contributed by atoms with van der Waals surface area (Å²) in [6.45, 7) is 0. The number of hydrogen-bond acceptors (Lipinski definition) is 3. The summed E-state index contributed by atoms with van der Waals surface area (Å²) in [4.78, 5) is 0. The van der Waals surface area contributed by atoms with Crippen molar-refractivity contribution in [1.29, 1.82) is 0 Å². The van der Waals surface area contributed by atoms with Gasteiger partial charge in [-0.05, 0) is 18.9 Å². The Bertz CT molecular complexity index is 484. The van der Waals surface area contributed by atoms with Crippen LogP contribution in [-0.4, -0.2) is 19.9 Å². The largest absolute Gasteiger partial charge is 0.321 e. The molecule has 0 aliphatic carbocycles. The Morgan fingerprint density at radius 2 is 1.75 bits per heavy atom. The molecule has 0 spiro atoms. The van der Waals surface area contributed by atoms with E-state index in [1.165, 1.54) is 6.07 Å².